The first kappa shape index (κ1) is 21.6. The molecule has 1 aliphatic heterocycles. The summed E-state index contributed by atoms with van der Waals surface area (Å²) in [4.78, 5) is 28.2. The number of fused-ring (bicyclic) bond motifs is 1. The summed E-state index contributed by atoms with van der Waals surface area (Å²) in [5.41, 5.74) is 1.78. The van der Waals surface area contributed by atoms with E-state index in [1.54, 1.807) is 42.7 Å². The van der Waals surface area contributed by atoms with Gasteiger partial charge in [0.15, 0.2) is 6.61 Å². The van der Waals surface area contributed by atoms with E-state index in [0.717, 1.165) is 5.56 Å². The summed E-state index contributed by atoms with van der Waals surface area (Å²) in [6.07, 6.45) is 3.52. The van der Waals surface area contributed by atoms with E-state index >= 15 is 0 Å². The molecule has 2 aromatic carbocycles. The molecule has 0 spiro atoms. The fourth-order valence-electron chi connectivity index (χ4n) is 3.87. The largest absolute Gasteiger partial charge is 0.481 e. The zero-order valence-corrected chi connectivity index (χ0v) is 18.4. The van der Waals surface area contributed by atoms with Crippen LogP contribution >= 0.6 is 11.6 Å². The van der Waals surface area contributed by atoms with Crippen molar-refractivity contribution in [2.45, 2.75) is 12.5 Å². The molecule has 1 unspecified atom stereocenters. The van der Waals surface area contributed by atoms with Crippen LogP contribution in [0.15, 0.2) is 82.6 Å². The average Bonchev–Trinajstić information content (AvgIpc) is 3.53. The predicted octanol–water partition coefficient (Wildman–Crippen LogP) is 5.15. The Kier molecular flexibility index (Phi) is 5.69. The number of hydrazone groups is 1. The Hall–Kier alpha value is -4.24. The van der Waals surface area contributed by atoms with Crippen LogP contribution in [0.2, 0.25) is 5.02 Å². The minimum Gasteiger partial charge on any atom is -0.481 e. The van der Waals surface area contributed by atoms with Gasteiger partial charge in [0.05, 0.1) is 22.3 Å². The summed E-state index contributed by atoms with van der Waals surface area (Å²) in [5, 5.41) is 18.2. The van der Waals surface area contributed by atoms with Crippen molar-refractivity contribution in [2.75, 3.05) is 6.61 Å². The van der Waals surface area contributed by atoms with Gasteiger partial charge in [-0.25, -0.2) is 5.01 Å². The van der Waals surface area contributed by atoms with Gasteiger partial charge in [-0.2, -0.15) is 5.10 Å². The Bertz CT molecular complexity index is 1400. The molecule has 1 aliphatic rings. The van der Waals surface area contributed by atoms with Gasteiger partial charge in [-0.1, -0.05) is 23.7 Å². The number of nitrogens with zero attached hydrogens (tertiary/aromatic N) is 4. The van der Waals surface area contributed by atoms with Crippen molar-refractivity contribution in [3.8, 4) is 5.75 Å². The van der Waals surface area contributed by atoms with Gasteiger partial charge in [0.1, 0.15) is 23.1 Å². The quantitative estimate of drug-likeness (QED) is 0.281. The highest BCUT2D eigenvalue weighted by Gasteiger charge is 2.35. The third-order valence-electron chi connectivity index (χ3n) is 5.47. The Labute approximate surface area is 198 Å². The Morgan fingerprint density at radius 1 is 1.18 bits per heavy atom. The molecule has 9 nitrogen and oxygen atoms in total. The molecule has 0 aliphatic carbocycles. The van der Waals surface area contributed by atoms with Gasteiger partial charge >= 0.3 is 0 Å². The van der Waals surface area contributed by atoms with Crippen molar-refractivity contribution >= 4 is 39.8 Å². The van der Waals surface area contributed by atoms with Crippen molar-refractivity contribution in [3.63, 3.8) is 0 Å². The SMILES string of the molecule is O=C(COc1ccc([N+](=O)[O-])c2cccnc12)N1N=C(c2ccc(Cl)cc2)CC1c1ccco1. The molecule has 0 saturated heterocycles. The smallest absolute Gasteiger partial charge is 0.281 e. The molecule has 1 atom stereocenters. The van der Waals surface area contributed by atoms with Gasteiger partial charge in [-0.15, -0.1) is 0 Å². The van der Waals surface area contributed by atoms with Crippen LogP contribution < -0.4 is 4.74 Å². The number of halogens is 1. The van der Waals surface area contributed by atoms with E-state index in [-0.39, 0.29) is 18.0 Å². The van der Waals surface area contributed by atoms with Gasteiger partial charge < -0.3 is 9.15 Å². The third kappa shape index (κ3) is 4.08. The molecule has 0 fully saturated rings. The molecule has 170 valence electrons. The Morgan fingerprint density at radius 3 is 2.74 bits per heavy atom. The summed E-state index contributed by atoms with van der Waals surface area (Å²) in [6, 6.07) is 16.3. The Balaban J connectivity index is 1.41. The molecular formula is C24H17ClN4O5. The molecule has 2 aromatic heterocycles. The topological polar surface area (TPSA) is 111 Å². The van der Waals surface area contributed by atoms with E-state index in [4.69, 9.17) is 20.8 Å². The summed E-state index contributed by atoms with van der Waals surface area (Å²) in [6.45, 7) is -0.335. The maximum absolute atomic E-state index is 13.2. The van der Waals surface area contributed by atoms with Gasteiger partial charge in [0, 0.05) is 23.7 Å². The number of amides is 1. The molecule has 0 N–H and O–H groups in total. The molecule has 34 heavy (non-hydrogen) atoms. The Morgan fingerprint density at radius 2 is 2.00 bits per heavy atom. The molecule has 0 bridgehead atoms. The normalized spacial score (nSPS) is 15.4. The number of hydrogen-bond donors (Lipinski definition) is 0. The van der Waals surface area contributed by atoms with Crippen LogP contribution in [0.25, 0.3) is 10.9 Å². The van der Waals surface area contributed by atoms with E-state index in [0.29, 0.717) is 33.8 Å². The van der Waals surface area contributed by atoms with Crippen LogP contribution in [-0.2, 0) is 4.79 Å². The lowest BCUT2D eigenvalue weighted by Crippen LogP contribution is -2.31. The summed E-state index contributed by atoms with van der Waals surface area (Å²) < 4.78 is 11.3. The minimum atomic E-state index is -0.482. The van der Waals surface area contributed by atoms with Crippen LogP contribution in [0.1, 0.15) is 23.8 Å². The fourth-order valence-corrected chi connectivity index (χ4v) is 4.00. The zero-order chi connectivity index (χ0) is 23.7. The molecule has 0 saturated carbocycles. The second-order valence-corrected chi connectivity index (χ2v) is 7.99. The zero-order valence-electron chi connectivity index (χ0n) is 17.6. The van der Waals surface area contributed by atoms with Crippen molar-refractivity contribution in [1.82, 2.24) is 9.99 Å². The van der Waals surface area contributed by atoms with E-state index in [9.17, 15) is 14.9 Å². The van der Waals surface area contributed by atoms with E-state index < -0.39 is 16.9 Å². The summed E-state index contributed by atoms with van der Waals surface area (Å²) in [5.74, 6) is 0.474. The van der Waals surface area contributed by atoms with Gasteiger partial charge in [-0.3, -0.25) is 19.9 Å². The lowest BCUT2D eigenvalue weighted by atomic mass is 10.0. The van der Waals surface area contributed by atoms with E-state index in [2.05, 4.69) is 10.1 Å². The van der Waals surface area contributed by atoms with Crippen molar-refractivity contribution < 1.29 is 18.9 Å². The highest BCUT2D eigenvalue weighted by molar-refractivity contribution is 6.30. The highest BCUT2D eigenvalue weighted by Crippen LogP contribution is 2.34. The number of pyridine rings is 1. The second kappa shape index (κ2) is 8.95. The number of carbonyl (C=O) groups excluding carboxylic acids is 1. The van der Waals surface area contributed by atoms with E-state index in [1.165, 1.54) is 23.3 Å². The first-order valence-corrected chi connectivity index (χ1v) is 10.7. The predicted molar refractivity (Wildman–Crippen MR) is 125 cm³/mol. The minimum absolute atomic E-state index is 0.0867. The molecule has 0 radical (unpaired) electrons. The van der Waals surface area contributed by atoms with Crippen molar-refractivity contribution in [3.05, 3.63) is 99.6 Å². The van der Waals surface area contributed by atoms with Crippen LogP contribution in [-0.4, -0.2) is 33.1 Å². The first-order valence-electron chi connectivity index (χ1n) is 10.3. The standard InChI is InChI=1S/C24H17ClN4O5/c25-16-7-5-15(6-8-16)18-13-20(21-4-2-12-33-21)28(27-18)23(30)14-34-22-10-9-19(29(31)32)17-3-1-11-26-24(17)22/h1-12,20H,13-14H2. The number of aromatic nitrogens is 1. The molecular weight excluding hydrogens is 460 g/mol. The molecule has 10 heteroatoms. The summed E-state index contributed by atoms with van der Waals surface area (Å²) >= 11 is 6.00. The van der Waals surface area contributed by atoms with Crippen molar-refractivity contribution in [2.24, 2.45) is 5.10 Å². The number of furan rings is 1. The number of nitro benzene ring substituents is 1. The lowest BCUT2D eigenvalue weighted by Gasteiger charge is -2.20. The number of ether oxygens (including phenoxy) is 1. The second-order valence-electron chi connectivity index (χ2n) is 7.56. The van der Waals surface area contributed by atoms with E-state index in [1.807, 2.05) is 12.1 Å². The maximum Gasteiger partial charge on any atom is 0.281 e. The summed E-state index contributed by atoms with van der Waals surface area (Å²) in [7, 11) is 0. The molecule has 1 amide bonds. The van der Waals surface area contributed by atoms with Crippen LogP contribution in [0.5, 0.6) is 5.75 Å². The third-order valence-corrected chi connectivity index (χ3v) is 5.72. The van der Waals surface area contributed by atoms with Gasteiger partial charge in [0.25, 0.3) is 11.6 Å². The van der Waals surface area contributed by atoms with Gasteiger partial charge in [0.2, 0.25) is 0 Å². The number of hydrogen-bond acceptors (Lipinski definition) is 7. The first-order chi connectivity index (χ1) is 16.5. The highest BCUT2D eigenvalue weighted by atomic mass is 35.5. The number of rotatable bonds is 6. The number of benzene rings is 2. The van der Waals surface area contributed by atoms with Crippen LogP contribution in [0.4, 0.5) is 5.69 Å². The van der Waals surface area contributed by atoms with Crippen LogP contribution in [0.3, 0.4) is 0 Å². The monoisotopic (exact) mass is 476 g/mol. The number of non-ortho nitro benzene ring substituents is 1. The maximum atomic E-state index is 13.2. The fraction of sp³-hybridized carbons (Fsp3) is 0.125. The number of carbonyl (C=O) groups is 1. The lowest BCUT2D eigenvalue weighted by molar-refractivity contribution is -0.383. The van der Waals surface area contributed by atoms with Crippen molar-refractivity contribution in [1.29, 1.82) is 0 Å². The van der Waals surface area contributed by atoms with Crippen LogP contribution in [0, 0.1) is 10.1 Å². The number of nitro groups is 1. The molecule has 4 aromatic rings. The van der Waals surface area contributed by atoms with Gasteiger partial charge in [-0.05, 0) is 48.0 Å². The molecule has 5 rings (SSSR count). The molecule has 3 heterocycles. The average molecular weight is 477 g/mol.